The molecule has 0 saturated carbocycles. The molecule has 0 aliphatic rings. The molecule has 0 aromatic carbocycles. The van der Waals surface area contributed by atoms with E-state index < -0.39 is 0 Å². The zero-order valence-electron chi connectivity index (χ0n) is 7.29. The van der Waals surface area contributed by atoms with Gasteiger partial charge >= 0.3 is 0 Å². The summed E-state index contributed by atoms with van der Waals surface area (Å²) in [5.41, 5.74) is 2.06. The van der Waals surface area contributed by atoms with E-state index in [4.69, 9.17) is 4.74 Å². The number of rotatable bonds is 1. The third kappa shape index (κ3) is 2.73. The van der Waals surface area contributed by atoms with Gasteiger partial charge in [-0.2, -0.15) is 0 Å². The largest absolute Gasteiger partial charge is 0.372 e. The fourth-order valence-corrected chi connectivity index (χ4v) is 0.834. The van der Waals surface area contributed by atoms with Crippen LogP contribution in [0.2, 0.25) is 0 Å². The zero-order chi connectivity index (χ0) is 8.81. The van der Waals surface area contributed by atoms with Gasteiger partial charge in [0.2, 0.25) is 0 Å². The van der Waals surface area contributed by atoms with Gasteiger partial charge in [0.25, 0.3) is 0 Å². The van der Waals surface area contributed by atoms with Gasteiger partial charge in [-0.1, -0.05) is 11.8 Å². The second-order valence-corrected chi connectivity index (χ2v) is 2.49. The standard InChI is InChI=1S/C10H11NO/c1-9-6-10(8-11-7-9)4-3-5-12-2/h6-8H,5H2,1-2H3. The number of pyridine rings is 1. The van der Waals surface area contributed by atoms with E-state index in [2.05, 4.69) is 16.8 Å². The Kier molecular flexibility index (Phi) is 3.31. The monoisotopic (exact) mass is 161 g/mol. The molecule has 0 saturated heterocycles. The van der Waals surface area contributed by atoms with Crippen molar-refractivity contribution in [3.8, 4) is 11.8 Å². The van der Waals surface area contributed by atoms with Crippen LogP contribution in [-0.2, 0) is 4.74 Å². The fourth-order valence-electron chi connectivity index (χ4n) is 0.834. The van der Waals surface area contributed by atoms with E-state index in [1.807, 2.05) is 19.2 Å². The molecule has 1 aromatic rings. The van der Waals surface area contributed by atoms with Gasteiger partial charge in [-0.05, 0) is 18.6 Å². The Hall–Kier alpha value is -1.33. The molecule has 0 aliphatic heterocycles. The summed E-state index contributed by atoms with van der Waals surface area (Å²) in [5.74, 6) is 5.82. The quantitative estimate of drug-likeness (QED) is 0.581. The normalized spacial score (nSPS) is 8.83. The number of ether oxygens (including phenoxy) is 1. The van der Waals surface area contributed by atoms with Crippen molar-refractivity contribution in [3.05, 3.63) is 29.6 Å². The highest BCUT2D eigenvalue weighted by atomic mass is 16.5. The van der Waals surface area contributed by atoms with Crippen molar-refractivity contribution in [2.75, 3.05) is 13.7 Å². The maximum Gasteiger partial charge on any atom is 0.107 e. The van der Waals surface area contributed by atoms with Gasteiger partial charge in [-0.3, -0.25) is 4.98 Å². The molecule has 0 bridgehead atoms. The van der Waals surface area contributed by atoms with E-state index in [1.165, 1.54) is 0 Å². The SMILES string of the molecule is COCC#Cc1cncc(C)c1. The molecule has 0 atom stereocenters. The Bertz CT molecular complexity index is 309. The van der Waals surface area contributed by atoms with E-state index in [9.17, 15) is 0 Å². The summed E-state index contributed by atoms with van der Waals surface area (Å²) in [5, 5.41) is 0. The first-order valence-electron chi connectivity index (χ1n) is 3.72. The Labute approximate surface area is 72.6 Å². The van der Waals surface area contributed by atoms with Crippen molar-refractivity contribution in [1.29, 1.82) is 0 Å². The first-order chi connectivity index (χ1) is 5.83. The summed E-state index contributed by atoms with van der Waals surface area (Å²) < 4.78 is 4.80. The number of hydrogen-bond acceptors (Lipinski definition) is 2. The van der Waals surface area contributed by atoms with Crippen LogP contribution in [0.1, 0.15) is 11.1 Å². The highest BCUT2D eigenvalue weighted by molar-refractivity contribution is 5.33. The minimum Gasteiger partial charge on any atom is -0.372 e. The highest BCUT2D eigenvalue weighted by Crippen LogP contribution is 1.98. The lowest BCUT2D eigenvalue weighted by Gasteiger charge is -1.91. The predicted molar refractivity (Wildman–Crippen MR) is 47.7 cm³/mol. The van der Waals surface area contributed by atoms with Gasteiger partial charge in [-0.15, -0.1) is 0 Å². The Morgan fingerprint density at radius 1 is 1.50 bits per heavy atom. The topological polar surface area (TPSA) is 22.1 Å². The number of methoxy groups -OCH3 is 1. The molecule has 0 unspecified atom stereocenters. The van der Waals surface area contributed by atoms with Gasteiger partial charge in [-0.25, -0.2) is 0 Å². The van der Waals surface area contributed by atoms with E-state index in [1.54, 1.807) is 13.3 Å². The van der Waals surface area contributed by atoms with Gasteiger partial charge in [0, 0.05) is 25.1 Å². The minimum atomic E-state index is 0.466. The lowest BCUT2D eigenvalue weighted by atomic mass is 10.2. The average molecular weight is 161 g/mol. The smallest absolute Gasteiger partial charge is 0.107 e. The van der Waals surface area contributed by atoms with Crippen molar-refractivity contribution in [2.45, 2.75) is 6.92 Å². The van der Waals surface area contributed by atoms with Crippen LogP contribution in [-0.4, -0.2) is 18.7 Å². The number of nitrogens with zero attached hydrogens (tertiary/aromatic N) is 1. The molecule has 62 valence electrons. The van der Waals surface area contributed by atoms with Gasteiger partial charge < -0.3 is 4.74 Å². The Morgan fingerprint density at radius 3 is 3.00 bits per heavy atom. The zero-order valence-corrected chi connectivity index (χ0v) is 7.29. The molecule has 0 N–H and O–H groups in total. The number of aryl methyl sites for hydroxylation is 1. The summed E-state index contributed by atoms with van der Waals surface area (Å²) >= 11 is 0. The molecule has 1 rings (SSSR count). The summed E-state index contributed by atoms with van der Waals surface area (Å²) in [7, 11) is 1.63. The molecular formula is C10H11NO. The molecule has 1 heterocycles. The average Bonchev–Trinajstić information content (AvgIpc) is 2.05. The second-order valence-electron chi connectivity index (χ2n) is 2.49. The first-order valence-corrected chi connectivity index (χ1v) is 3.72. The van der Waals surface area contributed by atoms with Crippen LogP contribution in [0.15, 0.2) is 18.5 Å². The summed E-state index contributed by atoms with van der Waals surface area (Å²) in [4.78, 5) is 4.02. The van der Waals surface area contributed by atoms with Crippen molar-refractivity contribution >= 4 is 0 Å². The summed E-state index contributed by atoms with van der Waals surface area (Å²) in [6.07, 6.45) is 3.55. The molecule has 0 radical (unpaired) electrons. The fraction of sp³-hybridized carbons (Fsp3) is 0.300. The number of hydrogen-bond donors (Lipinski definition) is 0. The van der Waals surface area contributed by atoms with E-state index >= 15 is 0 Å². The molecular weight excluding hydrogens is 150 g/mol. The van der Waals surface area contributed by atoms with E-state index in [0.29, 0.717) is 6.61 Å². The van der Waals surface area contributed by atoms with Gasteiger partial charge in [0.15, 0.2) is 0 Å². The van der Waals surface area contributed by atoms with Crippen LogP contribution in [0, 0.1) is 18.8 Å². The lowest BCUT2D eigenvalue weighted by Crippen LogP contribution is -1.83. The van der Waals surface area contributed by atoms with E-state index in [-0.39, 0.29) is 0 Å². The van der Waals surface area contributed by atoms with Crippen LogP contribution < -0.4 is 0 Å². The molecule has 12 heavy (non-hydrogen) atoms. The second kappa shape index (κ2) is 4.53. The summed E-state index contributed by atoms with van der Waals surface area (Å²) in [6, 6.07) is 2.00. The summed E-state index contributed by atoms with van der Waals surface area (Å²) in [6.45, 7) is 2.46. The van der Waals surface area contributed by atoms with Crippen LogP contribution in [0.4, 0.5) is 0 Å². The third-order valence-corrected chi connectivity index (χ3v) is 1.32. The third-order valence-electron chi connectivity index (χ3n) is 1.32. The van der Waals surface area contributed by atoms with Gasteiger partial charge in [0.05, 0.1) is 0 Å². The van der Waals surface area contributed by atoms with Crippen LogP contribution in [0.25, 0.3) is 0 Å². The molecule has 0 fully saturated rings. The highest BCUT2D eigenvalue weighted by Gasteiger charge is 1.86. The van der Waals surface area contributed by atoms with Crippen molar-refractivity contribution in [2.24, 2.45) is 0 Å². The minimum absolute atomic E-state index is 0.466. The molecule has 0 spiro atoms. The predicted octanol–water partition coefficient (Wildman–Crippen LogP) is 1.39. The van der Waals surface area contributed by atoms with Crippen LogP contribution in [0.5, 0.6) is 0 Å². The molecule has 2 nitrogen and oxygen atoms in total. The Morgan fingerprint density at radius 2 is 2.33 bits per heavy atom. The molecule has 2 heteroatoms. The maximum atomic E-state index is 4.80. The lowest BCUT2D eigenvalue weighted by molar-refractivity contribution is 0.240. The molecule has 0 aliphatic carbocycles. The van der Waals surface area contributed by atoms with Crippen LogP contribution in [0.3, 0.4) is 0 Å². The van der Waals surface area contributed by atoms with Crippen molar-refractivity contribution in [3.63, 3.8) is 0 Å². The maximum absolute atomic E-state index is 4.80. The van der Waals surface area contributed by atoms with E-state index in [0.717, 1.165) is 11.1 Å². The van der Waals surface area contributed by atoms with Crippen molar-refractivity contribution < 1.29 is 4.74 Å². The van der Waals surface area contributed by atoms with Crippen LogP contribution >= 0.6 is 0 Å². The molecule has 1 aromatic heterocycles. The van der Waals surface area contributed by atoms with Crippen molar-refractivity contribution in [1.82, 2.24) is 4.98 Å². The number of aromatic nitrogens is 1. The Balaban J connectivity index is 2.71. The first kappa shape index (κ1) is 8.76. The van der Waals surface area contributed by atoms with Gasteiger partial charge in [0.1, 0.15) is 6.61 Å². The molecule has 0 amide bonds.